The van der Waals surface area contributed by atoms with Crippen molar-refractivity contribution in [1.29, 1.82) is 0 Å². The molecule has 27 heavy (non-hydrogen) atoms. The first-order chi connectivity index (χ1) is 13.0. The number of hydrogen-bond acceptors (Lipinski definition) is 3. The van der Waals surface area contributed by atoms with Crippen molar-refractivity contribution < 1.29 is 9.59 Å². The van der Waals surface area contributed by atoms with E-state index in [1.165, 1.54) is 0 Å². The van der Waals surface area contributed by atoms with Crippen molar-refractivity contribution in [3.05, 3.63) is 60.2 Å². The predicted molar refractivity (Wildman–Crippen MR) is 109 cm³/mol. The van der Waals surface area contributed by atoms with E-state index in [9.17, 15) is 9.59 Å². The lowest BCUT2D eigenvalue weighted by molar-refractivity contribution is -0.123. The Bertz CT molecular complexity index is 783. The summed E-state index contributed by atoms with van der Waals surface area (Å²) in [5.74, 6) is 0.0546. The molecule has 0 saturated carbocycles. The second-order valence-corrected chi connectivity index (χ2v) is 7.20. The van der Waals surface area contributed by atoms with Gasteiger partial charge in [0.05, 0.1) is 6.04 Å². The maximum atomic E-state index is 12.5. The van der Waals surface area contributed by atoms with Gasteiger partial charge in [-0.15, -0.1) is 0 Å². The van der Waals surface area contributed by atoms with Crippen LogP contribution in [0.25, 0.3) is 0 Å². The van der Waals surface area contributed by atoms with Crippen LogP contribution < -0.4 is 10.6 Å². The van der Waals surface area contributed by atoms with E-state index in [1.54, 1.807) is 0 Å². The maximum absolute atomic E-state index is 12.5. The van der Waals surface area contributed by atoms with E-state index >= 15 is 0 Å². The molecule has 0 aromatic heterocycles. The van der Waals surface area contributed by atoms with Crippen LogP contribution >= 0.6 is 0 Å². The molecule has 5 nitrogen and oxygen atoms in total. The summed E-state index contributed by atoms with van der Waals surface area (Å²) < 4.78 is 0. The third-order valence-electron chi connectivity index (χ3n) is 5.15. The molecule has 1 aliphatic rings. The highest BCUT2D eigenvalue weighted by Gasteiger charge is 2.29. The molecule has 2 aromatic rings. The van der Waals surface area contributed by atoms with Gasteiger partial charge in [-0.2, -0.15) is 0 Å². The van der Waals surface area contributed by atoms with Crippen LogP contribution in [0.3, 0.4) is 0 Å². The van der Waals surface area contributed by atoms with Crippen LogP contribution in [0.15, 0.2) is 54.6 Å². The topological polar surface area (TPSA) is 61.4 Å². The molecule has 0 aliphatic carbocycles. The van der Waals surface area contributed by atoms with Gasteiger partial charge in [0, 0.05) is 17.3 Å². The van der Waals surface area contributed by atoms with Crippen molar-refractivity contribution in [2.75, 3.05) is 23.7 Å². The molecule has 1 atom stereocenters. The molecule has 0 radical (unpaired) electrons. The molecule has 1 saturated heterocycles. The Kier molecular flexibility index (Phi) is 6.24. The lowest BCUT2D eigenvalue weighted by atomic mass is 9.94. The van der Waals surface area contributed by atoms with Crippen molar-refractivity contribution >= 4 is 23.2 Å². The molecule has 3 rings (SSSR count). The van der Waals surface area contributed by atoms with E-state index in [1.807, 2.05) is 68.4 Å². The molecule has 1 fully saturated rings. The third kappa shape index (κ3) is 5.17. The minimum atomic E-state index is -0.219. The zero-order valence-corrected chi connectivity index (χ0v) is 15.9. The van der Waals surface area contributed by atoms with E-state index < -0.39 is 0 Å². The Hall–Kier alpha value is -2.66. The number of nitrogens with zero attached hydrogens (tertiary/aromatic N) is 1. The van der Waals surface area contributed by atoms with E-state index in [0.717, 1.165) is 42.9 Å². The highest BCUT2D eigenvalue weighted by Crippen LogP contribution is 2.21. The number of aryl methyl sites for hydroxylation is 1. The van der Waals surface area contributed by atoms with E-state index in [0.29, 0.717) is 0 Å². The molecule has 2 aromatic carbocycles. The summed E-state index contributed by atoms with van der Waals surface area (Å²) >= 11 is 0. The number of likely N-dealkylation sites (tertiary alicyclic amines) is 1. The summed E-state index contributed by atoms with van der Waals surface area (Å²) in [6, 6.07) is 17.1. The largest absolute Gasteiger partial charge is 0.326 e. The number of nitrogens with one attached hydrogen (secondary N) is 2. The van der Waals surface area contributed by atoms with Crippen molar-refractivity contribution in [3.63, 3.8) is 0 Å². The Morgan fingerprint density at radius 3 is 2.30 bits per heavy atom. The second-order valence-electron chi connectivity index (χ2n) is 7.20. The maximum Gasteiger partial charge on any atom is 0.241 e. The number of anilines is 2. The summed E-state index contributed by atoms with van der Waals surface area (Å²) in [5, 5.41) is 5.97. The number of piperidine rings is 1. The van der Waals surface area contributed by atoms with Crippen LogP contribution in [0, 0.1) is 12.8 Å². The molecule has 2 amide bonds. The van der Waals surface area contributed by atoms with Gasteiger partial charge in [0.2, 0.25) is 11.8 Å². The summed E-state index contributed by atoms with van der Waals surface area (Å²) in [6.07, 6.45) is 1.53. The molecular weight excluding hydrogens is 338 g/mol. The quantitative estimate of drug-likeness (QED) is 0.850. The molecule has 1 heterocycles. The van der Waals surface area contributed by atoms with E-state index in [-0.39, 0.29) is 23.8 Å². The smallest absolute Gasteiger partial charge is 0.241 e. The van der Waals surface area contributed by atoms with Gasteiger partial charge in [-0.1, -0.05) is 30.3 Å². The zero-order valence-electron chi connectivity index (χ0n) is 15.9. The number of amides is 2. The number of para-hydroxylation sites is 1. The van der Waals surface area contributed by atoms with Gasteiger partial charge in [0.25, 0.3) is 0 Å². The summed E-state index contributed by atoms with van der Waals surface area (Å²) in [6.45, 7) is 5.42. The normalized spacial score (nSPS) is 16.5. The Morgan fingerprint density at radius 1 is 0.963 bits per heavy atom. The van der Waals surface area contributed by atoms with Crippen LogP contribution in [-0.2, 0) is 9.59 Å². The number of rotatable bonds is 5. The molecule has 0 spiro atoms. The second kappa shape index (κ2) is 8.82. The Morgan fingerprint density at radius 2 is 1.63 bits per heavy atom. The molecule has 2 N–H and O–H groups in total. The van der Waals surface area contributed by atoms with Gasteiger partial charge in [0.1, 0.15) is 0 Å². The van der Waals surface area contributed by atoms with Gasteiger partial charge in [0.15, 0.2) is 0 Å². The van der Waals surface area contributed by atoms with Crippen LogP contribution in [0.5, 0.6) is 0 Å². The monoisotopic (exact) mass is 365 g/mol. The minimum Gasteiger partial charge on any atom is -0.326 e. The first-order valence-corrected chi connectivity index (χ1v) is 9.50. The molecule has 0 unspecified atom stereocenters. The highest BCUT2D eigenvalue weighted by molar-refractivity contribution is 5.95. The molecular formula is C22H27N3O2. The number of carbonyl (C=O) groups excluding carboxylic acids is 2. The average Bonchev–Trinajstić information content (AvgIpc) is 2.68. The fraction of sp³-hybridized carbons (Fsp3) is 0.364. The Balaban J connectivity index is 1.49. The van der Waals surface area contributed by atoms with Crippen LogP contribution in [0.2, 0.25) is 0 Å². The van der Waals surface area contributed by atoms with Gasteiger partial charge >= 0.3 is 0 Å². The molecule has 1 aliphatic heterocycles. The SMILES string of the molecule is Cc1cccc(NC(=O)[C@@H](C)N2CCC(C(=O)Nc3ccccc3)CC2)c1. The zero-order chi connectivity index (χ0) is 19.2. The van der Waals surface area contributed by atoms with Gasteiger partial charge in [-0.05, 0) is 69.6 Å². The summed E-state index contributed by atoms with van der Waals surface area (Å²) in [5.41, 5.74) is 2.77. The number of benzene rings is 2. The number of hydrogen-bond donors (Lipinski definition) is 2. The first kappa shape index (κ1) is 19.1. The molecule has 0 bridgehead atoms. The van der Waals surface area contributed by atoms with Crippen LogP contribution in [0.4, 0.5) is 11.4 Å². The fourth-order valence-electron chi connectivity index (χ4n) is 3.45. The van der Waals surface area contributed by atoms with Gasteiger partial charge < -0.3 is 10.6 Å². The summed E-state index contributed by atoms with van der Waals surface area (Å²) in [4.78, 5) is 27.1. The van der Waals surface area contributed by atoms with Gasteiger partial charge in [-0.3, -0.25) is 14.5 Å². The molecule has 142 valence electrons. The lowest BCUT2D eigenvalue weighted by Gasteiger charge is -2.34. The van der Waals surface area contributed by atoms with Crippen molar-refractivity contribution in [3.8, 4) is 0 Å². The van der Waals surface area contributed by atoms with Crippen molar-refractivity contribution in [2.24, 2.45) is 5.92 Å². The van der Waals surface area contributed by atoms with E-state index in [4.69, 9.17) is 0 Å². The summed E-state index contributed by atoms with van der Waals surface area (Å²) in [7, 11) is 0. The predicted octanol–water partition coefficient (Wildman–Crippen LogP) is 3.67. The van der Waals surface area contributed by atoms with Crippen molar-refractivity contribution in [2.45, 2.75) is 32.7 Å². The standard InChI is InChI=1S/C22H27N3O2/c1-16-7-6-10-20(15-16)24-21(26)17(2)25-13-11-18(12-14-25)22(27)23-19-8-4-3-5-9-19/h3-10,15,17-18H,11-14H2,1-2H3,(H,23,27)(H,24,26)/t17-/m1/s1. The average molecular weight is 365 g/mol. The van der Waals surface area contributed by atoms with Crippen molar-refractivity contribution in [1.82, 2.24) is 4.90 Å². The Labute approximate surface area is 160 Å². The fourth-order valence-corrected chi connectivity index (χ4v) is 3.45. The van der Waals surface area contributed by atoms with Gasteiger partial charge in [-0.25, -0.2) is 0 Å². The van der Waals surface area contributed by atoms with Crippen LogP contribution in [-0.4, -0.2) is 35.8 Å². The van der Waals surface area contributed by atoms with E-state index in [2.05, 4.69) is 15.5 Å². The highest BCUT2D eigenvalue weighted by atomic mass is 16.2. The molecule has 5 heteroatoms. The first-order valence-electron chi connectivity index (χ1n) is 9.50. The minimum absolute atomic E-state index is 0.00603. The van der Waals surface area contributed by atoms with Crippen LogP contribution in [0.1, 0.15) is 25.3 Å². The lowest BCUT2D eigenvalue weighted by Crippen LogP contribution is -2.47. The third-order valence-corrected chi connectivity index (χ3v) is 5.15. The number of carbonyl (C=O) groups is 2.